The van der Waals surface area contributed by atoms with Crippen LogP contribution in [0.2, 0.25) is 0 Å². The second-order valence-electron chi connectivity index (χ2n) is 3.65. The van der Waals surface area contributed by atoms with Crippen LogP contribution in [0.4, 0.5) is 0 Å². The highest BCUT2D eigenvalue weighted by atomic mass is 16.5. The maximum absolute atomic E-state index is 10.2. The Bertz CT molecular complexity index is 151. The summed E-state index contributed by atoms with van der Waals surface area (Å²) in [7, 11) is 1.72. The van der Waals surface area contributed by atoms with Crippen LogP contribution in [0.1, 0.15) is 38.5 Å². The molecule has 0 amide bonds. The maximum atomic E-state index is 10.2. The van der Waals surface area contributed by atoms with Gasteiger partial charge in [-0.2, -0.15) is 0 Å². The summed E-state index contributed by atoms with van der Waals surface area (Å²) in [4.78, 5) is 10.2. The van der Waals surface area contributed by atoms with Crippen LogP contribution in [0.5, 0.6) is 0 Å². The Morgan fingerprint density at radius 2 is 1.80 bits per heavy atom. The molecule has 90 valence electrons. The van der Waals surface area contributed by atoms with Crippen molar-refractivity contribution in [3.05, 3.63) is 0 Å². The normalized spacial score (nSPS) is 10.5. The van der Waals surface area contributed by atoms with E-state index in [1.54, 1.807) is 7.11 Å². The highest BCUT2D eigenvalue weighted by Gasteiger charge is 1.95. The zero-order valence-electron chi connectivity index (χ0n) is 9.63. The number of carbonyl (C=O) groups is 1. The average Bonchev–Trinajstić information content (AvgIpc) is 2.20. The van der Waals surface area contributed by atoms with Crippen LogP contribution in [-0.4, -0.2) is 37.9 Å². The van der Waals surface area contributed by atoms with Gasteiger partial charge in [0.15, 0.2) is 0 Å². The number of ether oxygens (including phenoxy) is 1. The largest absolute Gasteiger partial charge is 0.481 e. The number of aliphatic carboxylic acids is 1. The first-order chi connectivity index (χ1) is 7.27. The number of nitrogens with one attached hydrogen (secondary N) is 1. The molecule has 0 aliphatic heterocycles. The SMILES string of the molecule is COCCCCCNCCCCC(=O)O. The molecule has 4 nitrogen and oxygen atoms in total. The van der Waals surface area contributed by atoms with Crippen molar-refractivity contribution < 1.29 is 14.6 Å². The Morgan fingerprint density at radius 1 is 1.13 bits per heavy atom. The maximum Gasteiger partial charge on any atom is 0.303 e. The fraction of sp³-hybridized carbons (Fsp3) is 0.909. The molecular formula is C11H23NO3. The first kappa shape index (κ1) is 14.4. The van der Waals surface area contributed by atoms with Crippen molar-refractivity contribution in [2.24, 2.45) is 0 Å². The van der Waals surface area contributed by atoms with E-state index in [2.05, 4.69) is 5.32 Å². The van der Waals surface area contributed by atoms with E-state index in [4.69, 9.17) is 9.84 Å². The molecule has 0 saturated heterocycles. The minimum Gasteiger partial charge on any atom is -0.481 e. The quantitative estimate of drug-likeness (QED) is 0.517. The first-order valence-corrected chi connectivity index (χ1v) is 5.69. The summed E-state index contributed by atoms with van der Waals surface area (Å²) in [6.07, 6.45) is 5.49. The molecule has 0 aromatic carbocycles. The molecule has 4 heteroatoms. The molecule has 15 heavy (non-hydrogen) atoms. The molecule has 0 aromatic rings. The topological polar surface area (TPSA) is 58.6 Å². The van der Waals surface area contributed by atoms with E-state index in [1.807, 2.05) is 0 Å². The summed E-state index contributed by atoms with van der Waals surface area (Å²) in [5.41, 5.74) is 0. The Hall–Kier alpha value is -0.610. The van der Waals surface area contributed by atoms with Gasteiger partial charge in [-0.25, -0.2) is 0 Å². The molecule has 0 spiro atoms. The number of rotatable bonds is 11. The molecule has 0 radical (unpaired) electrons. The lowest BCUT2D eigenvalue weighted by molar-refractivity contribution is -0.137. The third-order valence-corrected chi connectivity index (χ3v) is 2.20. The zero-order valence-corrected chi connectivity index (χ0v) is 9.63. The Labute approximate surface area is 92.0 Å². The van der Waals surface area contributed by atoms with Crippen LogP contribution in [-0.2, 0) is 9.53 Å². The molecule has 0 bridgehead atoms. The van der Waals surface area contributed by atoms with Crippen LogP contribution in [0.3, 0.4) is 0 Å². The molecule has 0 atom stereocenters. The molecule has 0 unspecified atom stereocenters. The minimum atomic E-state index is -0.699. The lowest BCUT2D eigenvalue weighted by Crippen LogP contribution is -2.17. The van der Waals surface area contributed by atoms with Crippen LogP contribution in [0.15, 0.2) is 0 Å². The van der Waals surface area contributed by atoms with E-state index >= 15 is 0 Å². The Balaban J connectivity index is 2.89. The number of methoxy groups -OCH3 is 1. The Kier molecular flexibility index (Phi) is 11.0. The van der Waals surface area contributed by atoms with Gasteiger partial charge in [-0.1, -0.05) is 0 Å². The molecule has 2 N–H and O–H groups in total. The van der Waals surface area contributed by atoms with E-state index in [-0.39, 0.29) is 6.42 Å². The monoisotopic (exact) mass is 217 g/mol. The van der Waals surface area contributed by atoms with Crippen molar-refractivity contribution in [2.45, 2.75) is 38.5 Å². The van der Waals surface area contributed by atoms with Crippen LogP contribution >= 0.6 is 0 Å². The van der Waals surface area contributed by atoms with Crippen molar-refractivity contribution >= 4 is 5.97 Å². The second-order valence-corrected chi connectivity index (χ2v) is 3.65. The smallest absolute Gasteiger partial charge is 0.303 e. The predicted molar refractivity (Wildman–Crippen MR) is 60.1 cm³/mol. The zero-order chi connectivity index (χ0) is 11.4. The predicted octanol–water partition coefficient (Wildman–Crippen LogP) is 1.65. The second kappa shape index (κ2) is 11.5. The van der Waals surface area contributed by atoms with Crippen LogP contribution < -0.4 is 5.32 Å². The number of hydrogen-bond donors (Lipinski definition) is 2. The van der Waals surface area contributed by atoms with E-state index in [0.29, 0.717) is 0 Å². The minimum absolute atomic E-state index is 0.287. The lowest BCUT2D eigenvalue weighted by atomic mass is 10.2. The first-order valence-electron chi connectivity index (χ1n) is 5.69. The van der Waals surface area contributed by atoms with E-state index in [0.717, 1.165) is 39.0 Å². The average molecular weight is 217 g/mol. The summed E-state index contributed by atoms with van der Waals surface area (Å²) in [6.45, 7) is 2.80. The van der Waals surface area contributed by atoms with Crippen molar-refractivity contribution in [3.63, 3.8) is 0 Å². The van der Waals surface area contributed by atoms with Gasteiger partial charge in [0.2, 0.25) is 0 Å². The molecule has 0 aliphatic carbocycles. The van der Waals surface area contributed by atoms with Crippen molar-refractivity contribution in [1.29, 1.82) is 0 Å². The van der Waals surface area contributed by atoms with Gasteiger partial charge in [-0.15, -0.1) is 0 Å². The van der Waals surface area contributed by atoms with Crippen molar-refractivity contribution in [1.82, 2.24) is 5.32 Å². The summed E-state index contributed by atoms with van der Waals surface area (Å²) in [6, 6.07) is 0. The Morgan fingerprint density at radius 3 is 2.40 bits per heavy atom. The fourth-order valence-electron chi connectivity index (χ4n) is 1.32. The number of unbranched alkanes of at least 4 members (excludes halogenated alkanes) is 3. The van der Waals surface area contributed by atoms with Crippen LogP contribution in [0, 0.1) is 0 Å². The summed E-state index contributed by atoms with van der Waals surface area (Å²) < 4.78 is 4.95. The third kappa shape index (κ3) is 13.4. The number of carboxylic acids is 1. The molecule has 0 rings (SSSR count). The number of hydrogen-bond acceptors (Lipinski definition) is 3. The van der Waals surface area contributed by atoms with Gasteiger partial charge in [0.1, 0.15) is 0 Å². The van der Waals surface area contributed by atoms with E-state index < -0.39 is 5.97 Å². The van der Waals surface area contributed by atoms with Crippen LogP contribution in [0.25, 0.3) is 0 Å². The summed E-state index contributed by atoms with van der Waals surface area (Å²) >= 11 is 0. The molecule has 0 heterocycles. The lowest BCUT2D eigenvalue weighted by Gasteiger charge is -2.03. The summed E-state index contributed by atoms with van der Waals surface area (Å²) in [5.74, 6) is -0.699. The van der Waals surface area contributed by atoms with Gasteiger partial charge < -0.3 is 15.2 Å². The molecule has 0 fully saturated rings. The van der Waals surface area contributed by atoms with Gasteiger partial charge >= 0.3 is 5.97 Å². The third-order valence-electron chi connectivity index (χ3n) is 2.20. The van der Waals surface area contributed by atoms with E-state index in [1.165, 1.54) is 12.8 Å². The van der Waals surface area contributed by atoms with E-state index in [9.17, 15) is 4.79 Å². The molecule has 0 saturated carbocycles. The fourth-order valence-corrected chi connectivity index (χ4v) is 1.32. The van der Waals surface area contributed by atoms with Gasteiger partial charge in [0.05, 0.1) is 0 Å². The van der Waals surface area contributed by atoms with Gasteiger partial charge in [-0.05, 0) is 45.2 Å². The molecule has 0 aliphatic rings. The molecular weight excluding hydrogens is 194 g/mol. The van der Waals surface area contributed by atoms with Gasteiger partial charge in [-0.3, -0.25) is 4.79 Å². The highest BCUT2D eigenvalue weighted by Crippen LogP contribution is 1.95. The van der Waals surface area contributed by atoms with Gasteiger partial charge in [0, 0.05) is 20.1 Å². The molecule has 0 aromatic heterocycles. The summed E-state index contributed by atoms with van der Waals surface area (Å²) in [5, 5.41) is 11.7. The highest BCUT2D eigenvalue weighted by molar-refractivity contribution is 5.66. The number of carboxylic acid groups (broad SMARTS) is 1. The van der Waals surface area contributed by atoms with Crippen molar-refractivity contribution in [2.75, 3.05) is 26.8 Å². The van der Waals surface area contributed by atoms with Gasteiger partial charge in [0.25, 0.3) is 0 Å². The standard InChI is InChI=1S/C11H23NO3/c1-15-10-6-2-4-8-12-9-5-3-7-11(13)14/h12H,2-10H2,1H3,(H,13,14). The van der Waals surface area contributed by atoms with Crippen molar-refractivity contribution in [3.8, 4) is 0 Å².